The zero-order chi connectivity index (χ0) is 12.3. The van der Waals surface area contributed by atoms with Gasteiger partial charge in [-0.2, -0.15) is 0 Å². The minimum Gasteiger partial charge on any atom is -0.255 e. The number of aliphatic imine (C=N–C) groups is 1. The Balaban J connectivity index is 2.32. The van der Waals surface area contributed by atoms with E-state index in [0.29, 0.717) is 20.8 Å². The minimum atomic E-state index is 0.553. The SMILES string of the molecule is Clc1ccc(Cl)c(N=Cc2ccccc2Cl)c1. The molecule has 0 amide bonds. The maximum atomic E-state index is 6.01. The molecule has 4 heteroatoms. The van der Waals surface area contributed by atoms with E-state index in [1.54, 1.807) is 24.4 Å². The van der Waals surface area contributed by atoms with Crippen molar-refractivity contribution >= 4 is 46.7 Å². The van der Waals surface area contributed by atoms with Crippen molar-refractivity contribution in [3.05, 3.63) is 63.1 Å². The van der Waals surface area contributed by atoms with Gasteiger partial charge in [0.05, 0.1) is 10.7 Å². The van der Waals surface area contributed by atoms with Gasteiger partial charge in [-0.15, -0.1) is 0 Å². The molecule has 0 saturated carbocycles. The van der Waals surface area contributed by atoms with Gasteiger partial charge >= 0.3 is 0 Å². The third kappa shape index (κ3) is 3.22. The third-order valence-corrected chi connectivity index (χ3v) is 3.06. The molecule has 0 heterocycles. The molecule has 0 saturated heterocycles. The van der Waals surface area contributed by atoms with Crippen LogP contribution in [0.25, 0.3) is 0 Å². The molecule has 0 unspecified atom stereocenters. The van der Waals surface area contributed by atoms with E-state index in [9.17, 15) is 0 Å². The molecule has 0 atom stereocenters. The first kappa shape index (κ1) is 12.4. The van der Waals surface area contributed by atoms with Gasteiger partial charge in [0.25, 0.3) is 0 Å². The summed E-state index contributed by atoms with van der Waals surface area (Å²) >= 11 is 17.9. The number of rotatable bonds is 2. The van der Waals surface area contributed by atoms with Gasteiger partial charge in [-0.25, -0.2) is 0 Å². The lowest BCUT2D eigenvalue weighted by Gasteiger charge is -1.99. The topological polar surface area (TPSA) is 12.4 Å². The van der Waals surface area contributed by atoms with Gasteiger partial charge in [-0.3, -0.25) is 4.99 Å². The lowest BCUT2D eigenvalue weighted by atomic mass is 10.2. The summed E-state index contributed by atoms with van der Waals surface area (Å²) in [5, 5.41) is 1.80. The van der Waals surface area contributed by atoms with Crippen molar-refractivity contribution in [1.82, 2.24) is 0 Å². The van der Waals surface area contributed by atoms with Crippen molar-refractivity contribution in [2.75, 3.05) is 0 Å². The maximum Gasteiger partial charge on any atom is 0.0830 e. The lowest BCUT2D eigenvalue weighted by Crippen LogP contribution is -1.81. The smallest absolute Gasteiger partial charge is 0.0830 e. The zero-order valence-corrected chi connectivity index (χ0v) is 11.0. The maximum absolute atomic E-state index is 6.01. The standard InChI is InChI=1S/C13H8Cl3N/c14-10-5-6-12(16)13(7-10)17-8-9-3-1-2-4-11(9)15/h1-8H. The van der Waals surface area contributed by atoms with Crippen LogP contribution in [0.1, 0.15) is 5.56 Å². The Bertz CT molecular complexity index is 564. The summed E-state index contributed by atoms with van der Waals surface area (Å²) in [6.45, 7) is 0. The van der Waals surface area contributed by atoms with Crippen LogP contribution in [0, 0.1) is 0 Å². The second-order valence-corrected chi connectivity index (χ2v) is 4.63. The largest absolute Gasteiger partial charge is 0.255 e. The molecule has 0 aliphatic carbocycles. The monoisotopic (exact) mass is 283 g/mol. The van der Waals surface area contributed by atoms with Crippen LogP contribution < -0.4 is 0 Å². The van der Waals surface area contributed by atoms with E-state index in [-0.39, 0.29) is 0 Å². The van der Waals surface area contributed by atoms with Gasteiger partial charge in [0.1, 0.15) is 0 Å². The number of nitrogens with zero attached hydrogens (tertiary/aromatic N) is 1. The molecule has 0 radical (unpaired) electrons. The van der Waals surface area contributed by atoms with Gasteiger partial charge in [0.2, 0.25) is 0 Å². The van der Waals surface area contributed by atoms with E-state index in [4.69, 9.17) is 34.8 Å². The van der Waals surface area contributed by atoms with Crippen LogP contribution >= 0.6 is 34.8 Å². The van der Waals surface area contributed by atoms with Crippen molar-refractivity contribution in [2.45, 2.75) is 0 Å². The molecule has 2 aromatic rings. The molecule has 86 valence electrons. The zero-order valence-electron chi connectivity index (χ0n) is 8.70. The van der Waals surface area contributed by atoms with E-state index < -0.39 is 0 Å². The molecule has 2 rings (SSSR count). The molecule has 17 heavy (non-hydrogen) atoms. The van der Waals surface area contributed by atoms with Crippen LogP contribution in [0.5, 0.6) is 0 Å². The van der Waals surface area contributed by atoms with E-state index in [0.717, 1.165) is 5.56 Å². The first-order valence-corrected chi connectivity index (χ1v) is 6.04. The predicted molar refractivity (Wildman–Crippen MR) is 75.2 cm³/mol. The highest BCUT2D eigenvalue weighted by Crippen LogP contribution is 2.28. The highest BCUT2D eigenvalue weighted by atomic mass is 35.5. The van der Waals surface area contributed by atoms with Crippen LogP contribution in [0.15, 0.2) is 47.5 Å². The average Bonchev–Trinajstić information content (AvgIpc) is 2.32. The predicted octanol–water partition coefficient (Wildman–Crippen LogP) is 5.40. The summed E-state index contributed by atoms with van der Waals surface area (Å²) in [5.41, 5.74) is 1.46. The Morgan fingerprint density at radius 3 is 2.41 bits per heavy atom. The van der Waals surface area contributed by atoms with Crippen molar-refractivity contribution in [1.29, 1.82) is 0 Å². The summed E-state index contributed by atoms with van der Waals surface area (Å²) < 4.78 is 0. The fourth-order valence-electron chi connectivity index (χ4n) is 1.30. The molecule has 0 aliphatic rings. The van der Waals surface area contributed by atoms with Gasteiger partial charge in [0.15, 0.2) is 0 Å². The molecule has 0 bridgehead atoms. The Labute approximate surface area is 115 Å². The Morgan fingerprint density at radius 2 is 1.65 bits per heavy atom. The average molecular weight is 285 g/mol. The highest BCUT2D eigenvalue weighted by molar-refractivity contribution is 6.35. The van der Waals surface area contributed by atoms with Crippen LogP contribution in [0.2, 0.25) is 15.1 Å². The molecule has 0 fully saturated rings. The van der Waals surface area contributed by atoms with Crippen LogP contribution in [0.3, 0.4) is 0 Å². The van der Waals surface area contributed by atoms with Crippen molar-refractivity contribution in [3.8, 4) is 0 Å². The van der Waals surface area contributed by atoms with Crippen LogP contribution in [-0.2, 0) is 0 Å². The highest BCUT2D eigenvalue weighted by Gasteiger charge is 1.99. The van der Waals surface area contributed by atoms with Gasteiger partial charge in [-0.05, 0) is 24.3 Å². The molecule has 1 nitrogen and oxygen atoms in total. The van der Waals surface area contributed by atoms with Gasteiger partial charge < -0.3 is 0 Å². The fraction of sp³-hybridized carbons (Fsp3) is 0. The van der Waals surface area contributed by atoms with Crippen LogP contribution in [-0.4, -0.2) is 6.21 Å². The first-order chi connectivity index (χ1) is 8.16. The normalized spacial score (nSPS) is 11.0. The summed E-state index contributed by atoms with van der Waals surface area (Å²) in [6.07, 6.45) is 1.67. The summed E-state index contributed by atoms with van der Waals surface area (Å²) in [4.78, 5) is 4.27. The molecule has 0 aliphatic heterocycles. The molecule has 0 aromatic heterocycles. The molecule has 0 spiro atoms. The van der Waals surface area contributed by atoms with Crippen molar-refractivity contribution in [3.63, 3.8) is 0 Å². The quantitative estimate of drug-likeness (QED) is 0.655. The number of benzene rings is 2. The fourth-order valence-corrected chi connectivity index (χ4v) is 1.82. The summed E-state index contributed by atoms with van der Waals surface area (Å²) in [7, 11) is 0. The van der Waals surface area contributed by atoms with Crippen molar-refractivity contribution < 1.29 is 0 Å². The Kier molecular flexibility index (Phi) is 4.06. The second kappa shape index (κ2) is 5.54. The molecule has 0 N–H and O–H groups in total. The second-order valence-electron chi connectivity index (χ2n) is 3.38. The van der Waals surface area contributed by atoms with Gasteiger partial charge in [-0.1, -0.05) is 53.0 Å². The third-order valence-electron chi connectivity index (χ3n) is 2.16. The molecular formula is C13H8Cl3N. The first-order valence-electron chi connectivity index (χ1n) is 4.90. The Morgan fingerprint density at radius 1 is 0.882 bits per heavy atom. The van der Waals surface area contributed by atoms with E-state index in [2.05, 4.69) is 4.99 Å². The lowest BCUT2D eigenvalue weighted by molar-refractivity contribution is 1.52. The van der Waals surface area contributed by atoms with E-state index in [1.807, 2.05) is 24.3 Å². The van der Waals surface area contributed by atoms with Crippen molar-refractivity contribution in [2.24, 2.45) is 4.99 Å². The summed E-state index contributed by atoms with van der Waals surface area (Å²) in [6, 6.07) is 12.6. The van der Waals surface area contributed by atoms with E-state index in [1.165, 1.54) is 0 Å². The Hall–Kier alpha value is -1.02. The van der Waals surface area contributed by atoms with Crippen LogP contribution in [0.4, 0.5) is 5.69 Å². The van der Waals surface area contributed by atoms with E-state index >= 15 is 0 Å². The van der Waals surface area contributed by atoms with Gasteiger partial charge in [0, 0.05) is 21.8 Å². The molecule has 2 aromatic carbocycles. The molecular weight excluding hydrogens is 277 g/mol. The summed E-state index contributed by atoms with van der Waals surface area (Å²) in [5.74, 6) is 0. The minimum absolute atomic E-state index is 0.553. The number of hydrogen-bond donors (Lipinski definition) is 0. The number of hydrogen-bond acceptors (Lipinski definition) is 1. The number of halogens is 3.